The van der Waals surface area contributed by atoms with Crippen molar-refractivity contribution in [3.8, 4) is 17.2 Å². The van der Waals surface area contributed by atoms with Crippen LogP contribution in [0.2, 0.25) is 0 Å². The van der Waals surface area contributed by atoms with E-state index in [9.17, 15) is 4.79 Å². The fraction of sp³-hybridized carbons (Fsp3) is 0.320. The van der Waals surface area contributed by atoms with E-state index in [1.165, 1.54) is 0 Å². The zero-order valence-electron chi connectivity index (χ0n) is 19.3. The number of hydrogen-bond acceptors (Lipinski definition) is 7. The number of methoxy groups -OCH3 is 2. The third-order valence-electron chi connectivity index (χ3n) is 5.90. The molecule has 0 spiro atoms. The molecule has 2 aromatic heterocycles. The minimum absolute atomic E-state index is 0.199. The van der Waals surface area contributed by atoms with Crippen LogP contribution >= 0.6 is 0 Å². The molecule has 0 unspecified atom stereocenters. The lowest BCUT2D eigenvalue weighted by Gasteiger charge is -2.13. The van der Waals surface area contributed by atoms with Crippen molar-refractivity contribution < 1.29 is 19.0 Å². The number of nitrogens with zero attached hydrogens (tertiary/aromatic N) is 3. The van der Waals surface area contributed by atoms with Crippen molar-refractivity contribution in [3.05, 3.63) is 48.0 Å². The fourth-order valence-electron chi connectivity index (χ4n) is 3.84. The Labute approximate surface area is 192 Å². The first-order valence-corrected chi connectivity index (χ1v) is 11.0. The third-order valence-corrected chi connectivity index (χ3v) is 5.90. The number of carbonyl (C=O) groups excluding carboxylic acids is 1. The summed E-state index contributed by atoms with van der Waals surface area (Å²) >= 11 is 0. The molecule has 0 amide bonds. The molecule has 0 aliphatic carbocycles. The summed E-state index contributed by atoms with van der Waals surface area (Å²) in [5.74, 6) is 1.14. The minimum atomic E-state index is -0.511. The molecular weight excluding hydrogens is 420 g/mol. The monoisotopic (exact) mass is 448 g/mol. The lowest BCUT2D eigenvalue weighted by Crippen LogP contribution is -2.15. The topological polar surface area (TPSA) is 101 Å². The SMILES string of the molecule is CCC(CC)COC(=O)c1c(N)n(-c2cc(OC)cc(OC)c2)c2nc3ccccc3nc12. The Morgan fingerprint density at radius 1 is 1.00 bits per heavy atom. The van der Waals surface area contributed by atoms with Gasteiger partial charge in [0.1, 0.15) is 28.4 Å². The Morgan fingerprint density at radius 3 is 2.18 bits per heavy atom. The van der Waals surface area contributed by atoms with E-state index in [4.69, 9.17) is 29.9 Å². The number of nitrogens with two attached hydrogens (primary N) is 1. The average molecular weight is 449 g/mol. The molecule has 0 aliphatic heterocycles. The quantitative estimate of drug-likeness (QED) is 0.388. The van der Waals surface area contributed by atoms with Gasteiger partial charge in [0.05, 0.1) is 37.5 Å². The van der Waals surface area contributed by atoms with Crippen LogP contribution in [-0.4, -0.2) is 41.3 Å². The number of rotatable bonds is 8. The van der Waals surface area contributed by atoms with Crippen molar-refractivity contribution in [2.45, 2.75) is 26.7 Å². The van der Waals surface area contributed by atoms with Gasteiger partial charge in [0, 0.05) is 18.2 Å². The second-order valence-electron chi connectivity index (χ2n) is 7.83. The molecule has 2 N–H and O–H groups in total. The number of ether oxygens (including phenoxy) is 3. The van der Waals surface area contributed by atoms with Gasteiger partial charge in [-0.3, -0.25) is 4.57 Å². The molecule has 0 aliphatic rings. The Hall–Kier alpha value is -3.81. The van der Waals surface area contributed by atoms with Crippen LogP contribution in [-0.2, 0) is 4.74 Å². The van der Waals surface area contributed by atoms with Gasteiger partial charge in [0.15, 0.2) is 5.65 Å². The van der Waals surface area contributed by atoms with Crippen LogP contribution in [0.4, 0.5) is 5.82 Å². The largest absolute Gasteiger partial charge is 0.497 e. The highest BCUT2D eigenvalue weighted by molar-refractivity contribution is 6.09. The summed E-state index contributed by atoms with van der Waals surface area (Å²) in [4.78, 5) is 22.7. The van der Waals surface area contributed by atoms with Crippen LogP contribution < -0.4 is 15.2 Å². The van der Waals surface area contributed by atoms with Crippen molar-refractivity contribution in [1.29, 1.82) is 0 Å². The number of nitrogen functional groups attached to an aromatic ring is 1. The molecule has 8 nitrogen and oxygen atoms in total. The van der Waals surface area contributed by atoms with Gasteiger partial charge in [0.2, 0.25) is 0 Å². The van der Waals surface area contributed by atoms with Crippen LogP contribution in [0.3, 0.4) is 0 Å². The van der Waals surface area contributed by atoms with Crippen LogP contribution in [0.1, 0.15) is 37.0 Å². The number of aromatic nitrogens is 3. The highest BCUT2D eigenvalue weighted by Gasteiger charge is 2.27. The Balaban J connectivity index is 1.94. The average Bonchev–Trinajstić information content (AvgIpc) is 3.13. The molecule has 172 valence electrons. The number of hydrogen-bond donors (Lipinski definition) is 1. The Morgan fingerprint density at radius 2 is 1.61 bits per heavy atom. The molecule has 0 fully saturated rings. The summed E-state index contributed by atoms with van der Waals surface area (Å²) in [7, 11) is 3.15. The number of para-hydroxylation sites is 2. The molecule has 0 bridgehead atoms. The first-order valence-electron chi connectivity index (χ1n) is 11.0. The summed E-state index contributed by atoms with van der Waals surface area (Å²) in [6.07, 6.45) is 1.85. The highest BCUT2D eigenvalue weighted by Crippen LogP contribution is 2.34. The molecular formula is C25H28N4O4. The number of fused-ring (bicyclic) bond motifs is 2. The lowest BCUT2D eigenvalue weighted by atomic mass is 10.1. The maximum absolute atomic E-state index is 13.2. The van der Waals surface area contributed by atoms with Crippen LogP contribution in [0.25, 0.3) is 27.9 Å². The summed E-state index contributed by atoms with van der Waals surface area (Å²) in [5.41, 5.74) is 9.61. The predicted molar refractivity (Wildman–Crippen MR) is 128 cm³/mol. The van der Waals surface area contributed by atoms with E-state index >= 15 is 0 Å². The van der Waals surface area contributed by atoms with Gasteiger partial charge < -0.3 is 19.9 Å². The summed E-state index contributed by atoms with van der Waals surface area (Å²) < 4.78 is 18.2. The zero-order chi connectivity index (χ0) is 23.5. The van der Waals surface area contributed by atoms with Gasteiger partial charge in [-0.25, -0.2) is 14.8 Å². The van der Waals surface area contributed by atoms with E-state index in [0.29, 0.717) is 46.0 Å². The number of anilines is 1. The molecule has 2 heterocycles. The number of benzene rings is 2. The summed E-state index contributed by atoms with van der Waals surface area (Å²) in [6, 6.07) is 12.8. The van der Waals surface area contributed by atoms with E-state index in [1.807, 2.05) is 24.3 Å². The van der Waals surface area contributed by atoms with E-state index in [0.717, 1.165) is 12.8 Å². The standard InChI is InChI=1S/C25H28N4O4/c1-5-15(6-2)14-33-25(30)21-22-24(28-20-10-8-7-9-19(20)27-22)29(23(21)26)16-11-17(31-3)13-18(12-16)32-4/h7-13,15H,5-6,14,26H2,1-4H3. The second-order valence-corrected chi connectivity index (χ2v) is 7.83. The van der Waals surface area contributed by atoms with Crippen LogP contribution in [0.5, 0.6) is 11.5 Å². The van der Waals surface area contributed by atoms with E-state index in [1.54, 1.807) is 37.0 Å². The molecule has 4 rings (SSSR count). The van der Waals surface area contributed by atoms with Crippen molar-refractivity contribution in [1.82, 2.24) is 14.5 Å². The van der Waals surface area contributed by atoms with Crippen molar-refractivity contribution >= 4 is 34.0 Å². The normalized spacial score (nSPS) is 11.3. The zero-order valence-corrected chi connectivity index (χ0v) is 19.3. The summed E-state index contributed by atoms with van der Waals surface area (Å²) in [5, 5.41) is 0. The van der Waals surface area contributed by atoms with Gasteiger partial charge >= 0.3 is 5.97 Å². The Bertz CT molecular complexity index is 1290. The molecule has 0 saturated carbocycles. The molecule has 33 heavy (non-hydrogen) atoms. The number of carbonyl (C=O) groups is 1. The first-order chi connectivity index (χ1) is 16.0. The molecule has 4 aromatic rings. The second kappa shape index (κ2) is 9.36. The van der Waals surface area contributed by atoms with Gasteiger partial charge in [-0.15, -0.1) is 0 Å². The maximum atomic E-state index is 13.2. The van der Waals surface area contributed by atoms with E-state index < -0.39 is 5.97 Å². The van der Waals surface area contributed by atoms with Gasteiger partial charge in [-0.2, -0.15) is 0 Å². The molecule has 0 radical (unpaired) electrons. The van der Waals surface area contributed by atoms with Crippen molar-refractivity contribution in [2.24, 2.45) is 5.92 Å². The maximum Gasteiger partial charge on any atom is 0.344 e. The van der Waals surface area contributed by atoms with Crippen molar-refractivity contribution in [2.75, 3.05) is 26.6 Å². The van der Waals surface area contributed by atoms with E-state index in [2.05, 4.69) is 13.8 Å². The van der Waals surface area contributed by atoms with Crippen LogP contribution in [0.15, 0.2) is 42.5 Å². The Kier molecular flexibility index (Phi) is 6.35. The van der Waals surface area contributed by atoms with Crippen LogP contribution in [0, 0.1) is 5.92 Å². The smallest absolute Gasteiger partial charge is 0.344 e. The minimum Gasteiger partial charge on any atom is -0.497 e. The van der Waals surface area contributed by atoms with E-state index in [-0.39, 0.29) is 17.3 Å². The number of esters is 1. The van der Waals surface area contributed by atoms with Gasteiger partial charge in [0.25, 0.3) is 0 Å². The molecule has 2 aromatic carbocycles. The fourth-order valence-corrected chi connectivity index (χ4v) is 3.84. The van der Waals surface area contributed by atoms with Gasteiger partial charge in [-0.05, 0) is 18.1 Å². The van der Waals surface area contributed by atoms with Gasteiger partial charge in [-0.1, -0.05) is 38.8 Å². The predicted octanol–water partition coefficient (Wildman–Crippen LogP) is 4.77. The lowest BCUT2D eigenvalue weighted by molar-refractivity contribution is 0.0436. The first kappa shape index (κ1) is 22.4. The van der Waals surface area contributed by atoms with Crippen molar-refractivity contribution in [3.63, 3.8) is 0 Å². The third kappa shape index (κ3) is 4.16. The highest BCUT2D eigenvalue weighted by atomic mass is 16.5. The molecule has 0 atom stereocenters. The summed E-state index contributed by atoms with van der Waals surface area (Å²) in [6.45, 7) is 4.48. The molecule has 0 saturated heterocycles. The molecule has 8 heteroatoms.